The molecule has 2 aliphatic rings. The number of rotatable bonds is 6. The molecule has 10 heteroatoms. The molecule has 172 valence electrons. The minimum atomic E-state index is -5.91. The quantitative estimate of drug-likeness (QED) is 0.438. The molecule has 0 heterocycles. The molecule has 1 nitrogen and oxygen atoms in total. The Bertz CT molecular complexity index is 580. The monoisotopic (exact) mass is 442 g/mol. The Balaban J connectivity index is 2.36. The highest BCUT2D eigenvalue weighted by molar-refractivity contribution is 5.09. The Labute approximate surface area is 164 Å². The average molecular weight is 442 g/mol. The van der Waals surface area contributed by atoms with E-state index in [1.165, 1.54) is 6.92 Å². The van der Waals surface area contributed by atoms with E-state index in [9.17, 15) is 44.6 Å². The van der Waals surface area contributed by atoms with Gasteiger partial charge < -0.3 is 5.11 Å². The molecule has 5 unspecified atom stereocenters. The third-order valence-electron chi connectivity index (χ3n) is 7.68. The normalized spacial score (nSPS) is 33.2. The number of hydrogen-bond acceptors (Lipinski definition) is 1. The zero-order valence-electron chi connectivity index (χ0n) is 16.5. The first kappa shape index (κ1) is 24.6. The van der Waals surface area contributed by atoms with Crippen LogP contribution in [0, 0.1) is 28.6 Å². The Morgan fingerprint density at radius 3 is 1.72 bits per heavy atom. The summed E-state index contributed by atoms with van der Waals surface area (Å²) in [6.07, 6.45) is -17.5. The highest BCUT2D eigenvalue weighted by Crippen LogP contribution is 2.67. The molecule has 0 radical (unpaired) electrons. The molecule has 0 amide bonds. The molecule has 2 bridgehead atoms. The van der Waals surface area contributed by atoms with Gasteiger partial charge in [0.2, 0.25) is 0 Å². The van der Waals surface area contributed by atoms with Crippen LogP contribution in [0.2, 0.25) is 0 Å². The first-order valence-corrected chi connectivity index (χ1v) is 9.78. The van der Waals surface area contributed by atoms with Crippen molar-refractivity contribution >= 4 is 0 Å². The van der Waals surface area contributed by atoms with Crippen LogP contribution < -0.4 is 0 Å². The van der Waals surface area contributed by atoms with Crippen molar-refractivity contribution < 1.29 is 44.6 Å². The lowest BCUT2D eigenvalue weighted by molar-refractivity contribution is -0.374. The SMILES string of the molecule is CCC1(CC(C)(CC)C(F)(F)F)CC2CC(CC(O)(C(F)(F)F)C(F)(F)F)C1C2. The van der Waals surface area contributed by atoms with Gasteiger partial charge in [0.15, 0.2) is 0 Å². The van der Waals surface area contributed by atoms with Crippen molar-refractivity contribution in [3.63, 3.8) is 0 Å². The Morgan fingerprint density at radius 1 is 0.862 bits per heavy atom. The fourth-order valence-electron chi connectivity index (χ4n) is 5.82. The molecule has 2 rings (SSSR count). The lowest BCUT2D eigenvalue weighted by atomic mass is 9.58. The highest BCUT2D eigenvalue weighted by Gasteiger charge is 2.72. The van der Waals surface area contributed by atoms with E-state index in [1.54, 1.807) is 6.92 Å². The fourth-order valence-corrected chi connectivity index (χ4v) is 5.82. The van der Waals surface area contributed by atoms with Crippen molar-refractivity contribution in [1.29, 1.82) is 0 Å². The van der Waals surface area contributed by atoms with Crippen LogP contribution in [-0.4, -0.2) is 29.2 Å². The molecule has 1 N–H and O–H groups in total. The summed E-state index contributed by atoms with van der Waals surface area (Å²) in [6.45, 7) is 4.09. The van der Waals surface area contributed by atoms with Crippen molar-refractivity contribution in [2.24, 2.45) is 28.6 Å². The maximum absolute atomic E-state index is 13.6. The van der Waals surface area contributed by atoms with Crippen molar-refractivity contribution in [2.75, 3.05) is 0 Å². The summed E-state index contributed by atoms with van der Waals surface area (Å²) in [4.78, 5) is 0. The maximum Gasteiger partial charge on any atom is 0.426 e. The fraction of sp³-hybridized carbons (Fsp3) is 1.00. The molecule has 2 aliphatic carbocycles. The van der Waals surface area contributed by atoms with Gasteiger partial charge in [-0.2, -0.15) is 39.5 Å². The van der Waals surface area contributed by atoms with Crippen LogP contribution in [0.5, 0.6) is 0 Å². The second kappa shape index (κ2) is 7.19. The predicted molar refractivity (Wildman–Crippen MR) is 87.8 cm³/mol. The Morgan fingerprint density at radius 2 is 1.38 bits per heavy atom. The molecule has 2 saturated carbocycles. The number of alkyl halides is 9. The average Bonchev–Trinajstić information content (AvgIpc) is 3.09. The summed E-state index contributed by atoms with van der Waals surface area (Å²) in [7, 11) is 0. The first-order chi connectivity index (χ1) is 12.9. The molecule has 0 saturated heterocycles. The van der Waals surface area contributed by atoms with Gasteiger partial charge in [0.05, 0.1) is 5.41 Å². The zero-order chi connectivity index (χ0) is 22.7. The number of hydrogen-bond donors (Lipinski definition) is 1. The number of halogens is 9. The van der Waals surface area contributed by atoms with Crippen molar-refractivity contribution in [1.82, 2.24) is 0 Å². The molecule has 0 aromatic heterocycles. The van der Waals surface area contributed by atoms with E-state index in [1.807, 2.05) is 0 Å². The van der Waals surface area contributed by atoms with Crippen LogP contribution in [0.3, 0.4) is 0 Å². The van der Waals surface area contributed by atoms with Gasteiger partial charge in [-0.3, -0.25) is 0 Å². The summed E-state index contributed by atoms with van der Waals surface area (Å²) in [5, 5.41) is 9.59. The van der Waals surface area contributed by atoms with Gasteiger partial charge in [-0.05, 0) is 61.7 Å². The van der Waals surface area contributed by atoms with Crippen LogP contribution in [0.15, 0.2) is 0 Å². The summed E-state index contributed by atoms with van der Waals surface area (Å²) >= 11 is 0. The Kier molecular flexibility index (Phi) is 6.10. The zero-order valence-corrected chi connectivity index (χ0v) is 16.5. The van der Waals surface area contributed by atoms with Crippen LogP contribution >= 0.6 is 0 Å². The minimum absolute atomic E-state index is 0.0652. The van der Waals surface area contributed by atoms with E-state index in [4.69, 9.17) is 0 Å². The standard InChI is InChI=1S/C19H27F9O/c1-4-14(3,17(20,21)22)10-15(5-2)8-11-6-12(13(15)7-11)9-16(29,18(23,24)25)19(26,27)28/h11-13,29H,4-10H2,1-3H3. The molecule has 29 heavy (non-hydrogen) atoms. The maximum atomic E-state index is 13.6. The second-order valence-corrected chi connectivity index (χ2v) is 9.27. The van der Waals surface area contributed by atoms with E-state index in [-0.39, 0.29) is 31.6 Å². The molecular formula is C19H27F9O. The van der Waals surface area contributed by atoms with Crippen LogP contribution in [0.25, 0.3) is 0 Å². The topological polar surface area (TPSA) is 20.2 Å². The van der Waals surface area contributed by atoms with Gasteiger partial charge in [-0.15, -0.1) is 0 Å². The number of aliphatic hydroxyl groups is 1. The van der Waals surface area contributed by atoms with E-state index >= 15 is 0 Å². The van der Waals surface area contributed by atoms with Crippen molar-refractivity contribution in [3.05, 3.63) is 0 Å². The minimum Gasteiger partial charge on any atom is -0.374 e. The number of fused-ring (bicyclic) bond motifs is 2. The summed E-state index contributed by atoms with van der Waals surface area (Å²) in [5.41, 5.74) is -7.90. The van der Waals surface area contributed by atoms with E-state index in [0.717, 1.165) is 6.92 Å². The van der Waals surface area contributed by atoms with Crippen LogP contribution in [0.1, 0.15) is 65.7 Å². The van der Waals surface area contributed by atoms with E-state index in [2.05, 4.69) is 0 Å². The first-order valence-electron chi connectivity index (χ1n) is 9.78. The Hall–Kier alpha value is -0.670. The van der Waals surface area contributed by atoms with Crippen LogP contribution in [0.4, 0.5) is 39.5 Å². The molecule has 0 aromatic carbocycles. The summed E-state index contributed by atoms with van der Waals surface area (Å²) < 4.78 is 120. The van der Waals surface area contributed by atoms with E-state index in [0.29, 0.717) is 12.8 Å². The van der Waals surface area contributed by atoms with Crippen molar-refractivity contribution in [3.8, 4) is 0 Å². The molecule has 0 aliphatic heterocycles. The van der Waals surface area contributed by atoms with Gasteiger partial charge in [0.1, 0.15) is 0 Å². The van der Waals surface area contributed by atoms with Gasteiger partial charge in [0, 0.05) is 0 Å². The summed E-state index contributed by atoms with van der Waals surface area (Å²) in [5.74, 6) is -2.05. The van der Waals surface area contributed by atoms with E-state index < -0.39 is 53.2 Å². The van der Waals surface area contributed by atoms with Gasteiger partial charge in [-0.1, -0.05) is 27.2 Å². The van der Waals surface area contributed by atoms with Gasteiger partial charge in [-0.25, -0.2) is 0 Å². The third kappa shape index (κ3) is 3.99. The second-order valence-electron chi connectivity index (χ2n) is 9.27. The lowest BCUT2D eigenvalue weighted by Crippen LogP contribution is -2.58. The largest absolute Gasteiger partial charge is 0.426 e. The molecular weight excluding hydrogens is 415 g/mol. The highest BCUT2D eigenvalue weighted by atomic mass is 19.4. The molecule has 5 atom stereocenters. The third-order valence-corrected chi connectivity index (χ3v) is 7.68. The molecule has 2 fully saturated rings. The van der Waals surface area contributed by atoms with Crippen molar-refractivity contribution in [2.45, 2.75) is 89.8 Å². The molecule has 0 aromatic rings. The summed E-state index contributed by atoms with van der Waals surface area (Å²) in [6, 6.07) is 0. The van der Waals surface area contributed by atoms with Crippen LogP contribution in [-0.2, 0) is 0 Å². The smallest absolute Gasteiger partial charge is 0.374 e. The lowest BCUT2D eigenvalue weighted by Gasteiger charge is -2.48. The van der Waals surface area contributed by atoms with Gasteiger partial charge in [0.25, 0.3) is 5.60 Å². The predicted octanol–water partition coefficient (Wildman–Crippen LogP) is 7.04. The van der Waals surface area contributed by atoms with Gasteiger partial charge >= 0.3 is 18.5 Å². The molecule has 0 spiro atoms.